The first-order chi connectivity index (χ1) is 19.1. The highest BCUT2D eigenvalue weighted by atomic mass is 19.4. The van der Waals surface area contributed by atoms with Gasteiger partial charge in [-0.1, -0.05) is 17.3 Å². The molecule has 4 rings (SSSR count). The summed E-state index contributed by atoms with van der Waals surface area (Å²) >= 11 is 0. The Bertz CT molecular complexity index is 1240. The summed E-state index contributed by atoms with van der Waals surface area (Å²) in [7, 11) is 1.93. The highest BCUT2D eigenvalue weighted by molar-refractivity contribution is 5.73. The summed E-state index contributed by atoms with van der Waals surface area (Å²) < 4.78 is 84.5. The van der Waals surface area contributed by atoms with Crippen molar-refractivity contribution < 1.29 is 55.3 Å². The molecule has 224 valence electrons. The number of benzene rings is 1. The molecule has 3 heterocycles. The lowest BCUT2D eigenvalue weighted by atomic mass is 9.98. The minimum Gasteiger partial charge on any atom is -0.475 e. The van der Waals surface area contributed by atoms with E-state index in [0.717, 1.165) is 42.1 Å². The van der Waals surface area contributed by atoms with Gasteiger partial charge < -0.3 is 14.9 Å². The van der Waals surface area contributed by atoms with Crippen LogP contribution >= 0.6 is 0 Å². The quantitative estimate of drug-likeness (QED) is 0.407. The summed E-state index contributed by atoms with van der Waals surface area (Å²) in [5, 5.41) is 22.8. The summed E-state index contributed by atoms with van der Waals surface area (Å²) in [6, 6.07) is 10.6. The highest BCUT2D eigenvalue weighted by Gasteiger charge is 2.39. The maximum Gasteiger partial charge on any atom is 0.490 e. The first kappa shape index (κ1) is 33.1. The minimum absolute atomic E-state index is 0.191. The van der Waals surface area contributed by atoms with Crippen molar-refractivity contribution in [2.24, 2.45) is 7.05 Å². The number of carboxylic acids is 2. The van der Waals surface area contributed by atoms with Gasteiger partial charge in [-0.05, 0) is 35.4 Å². The molecule has 17 heteroatoms. The Morgan fingerprint density at radius 3 is 2.00 bits per heavy atom. The summed E-state index contributed by atoms with van der Waals surface area (Å²) in [5.41, 5.74) is 4.32. The summed E-state index contributed by atoms with van der Waals surface area (Å²) in [6.45, 7) is 3.48. The van der Waals surface area contributed by atoms with Gasteiger partial charge in [0.1, 0.15) is 11.5 Å². The van der Waals surface area contributed by atoms with E-state index in [9.17, 15) is 30.7 Å². The SMILES string of the molecule is Cn1nnc2c1C(COCc1ccncc1)CN(Cc1ccc(F)cc1)C2.O=C(O)C(F)(F)F.O=C(O)C(F)(F)F. The second-order valence-electron chi connectivity index (χ2n) is 8.51. The Labute approximate surface area is 228 Å². The van der Waals surface area contributed by atoms with Crippen LogP contribution in [0, 0.1) is 5.82 Å². The van der Waals surface area contributed by atoms with Crippen molar-refractivity contribution >= 4 is 11.9 Å². The number of fused-ring (bicyclic) bond motifs is 1. The minimum atomic E-state index is -5.08. The zero-order valence-electron chi connectivity index (χ0n) is 21.2. The van der Waals surface area contributed by atoms with E-state index in [1.807, 2.05) is 36.0 Å². The molecule has 0 fully saturated rings. The van der Waals surface area contributed by atoms with Gasteiger partial charge in [0.25, 0.3) is 0 Å². The van der Waals surface area contributed by atoms with Crippen LogP contribution in [-0.2, 0) is 41.1 Å². The first-order valence-electron chi connectivity index (χ1n) is 11.5. The average Bonchev–Trinajstić information content (AvgIpc) is 3.26. The molecule has 3 aromatic rings. The molecule has 2 aromatic heterocycles. The molecule has 2 N–H and O–H groups in total. The third-order valence-electron chi connectivity index (χ3n) is 5.32. The molecule has 0 radical (unpaired) electrons. The fourth-order valence-corrected chi connectivity index (χ4v) is 3.59. The van der Waals surface area contributed by atoms with Gasteiger partial charge in [0.15, 0.2) is 0 Å². The number of carboxylic acid groups (broad SMARTS) is 2. The van der Waals surface area contributed by atoms with Crippen molar-refractivity contribution in [1.82, 2.24) is 24.9 Å². The number of hydrogen-bond donors (Lipinski definition) is 2. The third-order valence-corrected chi connectivity index (χ3v) is 5.32. The van der Waals surface area contributed by atoms with Crippen molar-refractivity contribution in [1.29, 1.82) is 0 Å². The van der Waals surface area contributed by atoms with Crippen LogP contribution in [-0.4, -0.2) is 72.5 Å². The van der Waals surface area contributed by atoms with Gasteiger partial charge >= 0.3 is 24.3 Å². The van der Waals surface area contributed by atoms with E-state index in [1.165, 1.54) is 12.1 Å². The average molecular weight is 595 g/mol. The first-order valence-corrected chi connectivity index (χ1v) is 11.5. The summed E-state index contributed by atoms with van der Waals surface area (Å²) in [5.74, 6) is -5.54. The molecule has 1 aromatic carbocycles. The molecule has 0 spiro atoms. The van der Waals surface area contributed by atoms with Gasteiger partial charge in [0.05, 0.1) is 18.9 Å². The van der Waals surface area contributed by atoms with Crippen molar-refractivity contribution in [3.05, 3.63) is 77.1 Å². The lowest BCUT2D eigenvalue weighted by molar-refractivity contribution is -0.193. The van der Waals surface area contributed by atoms with Crippen LogP contribution < -0.4 is 0 Å². The lowest BCUT2D eigenvalue weighted by Gasteiger charge is -2.32. The van der Waals surface area contributed by atoms with Crippen LogP contribution in [0.1, 0.15) is 28.4 Å². The number of halogens is 7. The second-order valence-corrected chi connectivity index (χ2v) is 8.51. The van der Waals surface area contributed by atoms with E-state index in [-0.39, 0.29) is 11.7 Å². The Kier molecular flexibility index (Phi) is 11.7. The summed E-state index contributed by atoms with van der Waals surface area (Å²) in [4.78, 5) is 24.1. The number of aromatic nitrogens is 4. The predicted octanol–water partition coefficient (Wildman–Crippen LogP) is 3.93. The zero-order chi connectivity index (χ0) is 30.8. The standard InChI is InChI=1S/C20H22FN5O.2C2HF3O2/c1-25-20-17(14-27-13-16-6-8-22-9-7-16)11-26(12-19(20)23-24-25)10-15-2-4-18(21)5-3-15;2*3-2(4,5)1(6)7/h2-9,17H,10-14H2,1H3;2*(H,6,7). The number of nitrogens with zero attached hydrogens (tertiary/aromatic N) is 5. The second kappa shape index (κ2) is 14.5. The van der Waals surface area contributed by atoms with Crippen LogP contribution in [0.2, 0.25) is 0 Å². The monoisotopic (exact) mass is 595 g/mol. The van der Waals surface area contributed by atoms with E-state index < -0.39 is 24.3 Å². The van der Waals surface area contributed by atoms with E-state index >= 15 is 0 Å². The lowest BCUT2D eigenvalue weighted by Crippen LogP contribution is -2.36. The topological polar surface area (TPSA) is 131 Å². The maximum atomic E-state index is 13.2. The van der Waals surface area contributed by atoms with Crippen molar-refractivity contribution in [2.75, 3.05) is 13.2 Å². The van der Waals surface area contributed by atoms with Crippen LogP contribution in [0.15, 0.2) is 48.8 Å². The van der Waals surface area contributed by atoms with E-state index in [4.69, 9.17) is 24.5 Å². The predicted molar refractivity (Wildman–Crippen MR) is 126 cm³/mol. The van der Waals surface area contributed by atoms with E-state index in [0.29, 0.717) is 13.2 Å². The van der Waals surface area contributed by atoms with Gasteiger partial charge in [-0.15, -0.1) is 5.10 Å². The van der Waals surface area contributed by atoms with Gasteiger partial charge in [0.2, 0.25) is 0 Å². The molecule has 1 atom stereocenters. The van der Waals surface area contributed by atoms with Gasteiger partial charge in [-0.25, -0.2) is 14.0 Å². The van der Waals surface area contributed by atoms with Crippen LogP contribution in [0.5, 0.6) is 0 Å². The number of rotatable bonds is 6. The molecular weight excluding hydrogens is 571 g/mol. The molecule has 0 saturated carbocycles. The largest absolute Gasteiger partial charge is 0.490 e. The summed E-state index contributed by atoms with van der Waals surface area (Å²) in [6.07, 6.45) is -6.63. The van der Waals surface area contributed by atoms with Crippen molar-refractivity contribution in [3.8, 4) is 0 Å². The fourth-order valence-electron chi connectivity index (χ4n) is 3.59. The molecule has 0 aliphatic carbocycles. The Hall–Kier alpha value is -4.12. The van der Waals surface area contributed by atoms with Gasteiger partial charge in [-0.2, -0.15) is 26.3 Å². The molecular formula is C24H24F7N5O5. The zero-order valence-corrected chi connectivity index (χ0v) is 21.2. The van der Waals surface area contributed by atoms with Crippen molar-refractivity contribution in [2.45, 2.75) is 38.0 Å². The molecule has 1 unspecified atom stereocenters. The normalized spacial score (nSPS) is 15.1. The molecule has 41 heavy (non-hydrogen) atoms. The van der Waals surface area contributed by atoms with E-state index in [1.54, 1.807) is 12.4 Å². The molecule has 0 bridgehead atoms. The Morgan fingerprint density at radius 1 is 0.951 bits per heavy atom. The molecule has 1 aliphatic heterocycles. The van der Waals surface area contributed by atoms with Crippen LogP contribution in [0.25, 0.3) is 0 Å². The number of hydrogen-bond acceptors (Lipinski definition) is 7. The number of aryl methyl sites for hydroxylation is 1. The highest BCUT2D eigenvalue weighted by Crippen LogP contribution is 2.28. The third kappa shape index (κ3) is 11.1. The number of aliphatic carboxylic acids is 2. The smallest absolute Gasteiger partial charge is 0.475 e. The Morgan fingerprint density at radius 2 is 1.49 bits per heavy atom. The van der Waals surface area contributed by atoms with E-state index in [2.05, 4.69) is 20.2 Å². The van der Waals surface area contributed by atoms with Crippen molar-refractivity contribution in [3.63, 3.8) is 0 Å². The number of alkyl halides is 6. The number of carbonyl (C=O) groups is 2. The fraction of sp³-hybridized carbons (Fsp3) is 0.375. The van der Waals surface area contributed by atoms with Gasteiger partial charge in [-0.3, -0.25) is 14.6 Å². The molecule has 1 aliphatic rings. The van der Waals surface area contributed by atoms with Crippen LogP contribution in [0.3, 0.4) is 0 Å². The number of pyridine rings is 1. The number of ether oxygens (including phenoxy) is 1. The molecule has 10 nitrogen and oxygen atoms in total. The maximum absolute atomic E-state index is 13.2. The molecule has 0 amide bonds. The van der Waals surface area contributed by atoms with Crippen LogP contribution in [0.4, 0.5) is 30.7 Å². The molecule has 0 saturated heterocycles. The van der Waals surface area contributed by atoms with Gasteiger partial charge in [0, 0.05) is 45.0 Å². The Balaban J connectivity index is 0.000000349.